The fourth-order valence-corrected chi connectivity index (χ4v) is 3.09. The van der Waals surface area contributed by atoms with Crippen molar-refractivity contribution in [1.82, 2.24) is 20.2 Å². The van der Waals surface area contributed by atoms with Gasteiger partial charge in [-0.1, -0.05) is 56.5 Å². The molecule has 0 saturated carbocycles. The molecule has 27 heavy (non-hydrogen) atoms. The molecule has 148 valence electrons. The summed E-state index contributed by atoms with van der Waals surface area (Å²) in [7, 11) is 0. The minimum atomic E-state index is 0.439. The second-order valence-electron chi connectivity index (χ2n) is 7.01. The SMILES string of the molecule is CCCCCC(C)NC(=NCCc1nccn1Cc1ccccc1)NCC. The highest BCUT2D eigenvalue weighted by molar-refractivity contribution is 5.80. The summed E-state index contributed by atoms with van der Waals surface area (Å²) in [6.45, 7) is 9.03. The van der Waals surface area contributed by atoms with E-state index in [1.165, 1.54) is 31.2 Å². The Balaban J connectivity index is 1.87. The first-order chi connectivity index (χ1) is 13.2. The van der Waals surface area contributed by atoms with E-state index in [4.69, 9.17) is 4.99 Å². The zero-order valence-electron chi connectivity index (χ0n) is 17.1. The maximum atomic E-state index is 4.75. The fraction of sp³-hybridized carbons (Fsp3) is 0.545. The summed E-state index contributed by atoms with van der Waals surface area (Å²) in [4.78, 5) is 9.26. The number of imidazole rings is 1. The van der Waals surface area contributed by atoms with Gasteiger partial charge in [-0.05, 0) is 25.8 Å². The molecule has 0 radical (unpaired) electrons. The molecular weight excluding hydrogens is 334 g/mol. The van der Waals surface area contributed by atoms with Gasteiger partial charge < -0.3 is 15.2 Å². The van der Waals surface area contributed by atoms with Crippen molar-refractivity contribution in [2.75, 3.05) is 13.1 Å². The molecule has 0 amide bonds. The summed E-state index contributed by atoms with van der Waals surface area (Å²) in [5.41, 5.74) is 1.29. The zero-order chi connectivity index (χ0) is 19.3. The van der Waals surface area contributed by atoms with Crippen molar-refractivity contribution < 1.29 is 0 Å². The number of hydrogen-bond acceptors (Lipinski definition) is 2. The number of benzene rings is 1. The number of hydrogen-bond donors (Lipinski definition) is 2. The Morgan fingerprint density at radius 1 is 1.19 bits per heavy atom. The monoisotopic (exact) mass is 369 g/mol. The van der Waals surface area contributed by atoms with Crippen molar-refractivity contribution in [3.05, 3.63) is 54.1 Å². The van der Waals surface area contributed by atoms with Crippen molar-refractivity contribution in [3.8, 4) is 0 Å². The number of aliphatic imine (C=N–C) groups is 1. The van der Waals surface area contributed by atoms with Crippen molar-refractivity contribution >= 4 is 5.96 Å². The lowest BCUT2D eigenvalue weighted by molar-refractivity contribution is 0.546. The molecule has 0 saturated heterocycles. The van der Waals surface area contributed by atoms with E-state index in [2.05, 4.69) is 65.2 Å². The van der Waals surface area contributed by atoms with Crippen LogP contribution in [0.15, 0.2) is 47.7 Å². The highest BCUT2D eigenvalue weighted by Gasteiger charge is 2.06. The molecule has 5 nitrogen and oxygen atoms in total. The zero-order valence-corrected chi connectivity index (χ0v) is 17.1. The molecule has 1 atom stereocenters. The Hall–Kier alpha value is -2.30. The molecule has 1 heterocycles. The number of nitrogens with one attached hydrogen (secondary N) is 2. The largest absolute Gasteiger partial charge is 0.357 e. The first-order valence-corrected chi connectivity index (χ1v) is 10.3. The van der Waals surface area contributed by atoms with E-state index in [0.29, 0.717) is 6.04 Å². The van der Waals surface area contributed by atoms with Gasteiger partial charge in [0.05, 0.1) is 0 Å². The molecular formula is C22H35N5. The van der Waals surface area contributed by atoms with E-state index >= 15 is 0 Å². The molecule has 0 spiro atoms. The lowest BCUT2D eigenvalue weighted by Crippen LogP contribution is -2.42. The first-order valence-electron chi connectivity index (χ1n) is 10.3. The Morgan fingerprint density at radius 2 is 2.00 bits per heavy atom. The predicted octanol–water partition coefficient (Wildman–Crippen LogP) is 4.00. The molecule has 2 N–H and O–H groups in total. The van der Waals surface area contributed by atoms with Gasteiger partial charge in [0.2, 0.25) is 0 Å². The number of aromatic nitrogens is 2. The van der Waals surface area contributed by atoms with Crippen LogP contribution in [0.25, 0.3) is 0 Å². The minimum absolute atomic E-state index is 0.439. The van der Waals surface area contributed by atoms with Gasteiger partial charge in [-0.2, -0.15) is 0 Å². The standard InChI is InChI=1S/C22H35N5/c1-4-6-8-11-19(3)26-22(23-5-2)25-15-14-21-24-16-17-27(21)18-20-12-9-7-10-13-20/h7,9-10,12-13,16-17,19H,4-6,8,11,14-15,18H2,1-3H3,(H2,23,25,26). The lowest BCUT2D eigenvalue weighted by Gasteiger charge is -2.17. The van der Waals surface area contributed by atoms with Crippen molar-refractivity contribution in [1.29, 1.82) is 0 Å². The number of rotatable bonds is 11. The van der Waals surface area contributed by atoms with E-state index in [-0.39, 0.29) is 0 Å². The summed E-state index contributed by atoms with van der Waals surface area (Å²) < 4.78 is 2.21. The van der Waals surface area contributed by atoms with Crippen LogP contribution in [-0.2, 0) is 13.0 Å². The molecule has 0 aliphatic rings. The third-order valence-corrected chi connectivity index (χ3v) is 4.57. The van der Waals surface area contributed by atoms with Crippen LogP contribution in [-0.4, -0.2) is 34.6 Å². The minimum Gasteiger partial charge on any atom is -0.357 e. The Bertz CT molecular complexity index is 662. The van der Waals surface area contributed by atoms with E-state index in [1.807, 2.05) is 18.5 Å². The topological polar surface area (TPSA) is 54.2 Å². The summed E-state index contributed by atoms with van der Waals surface area (Å²) in [5, 5.41) is 6.87. The van der Waals surface area contributed by atoms with Gasteiger partial charge in [0.1, 0.15) is 5.82 Å². The van der Waals surface area contributed by atoms with Crippen LogP contribution >= 0.6 is 0 Å². The molecule has 0 bridgehead atoms. The van der Waals surface area contributed by atoms with Crippen molar-refractivity contribution in [2.45, 2.75) is 65.5 Å². The van der Waals surface area contributed by atoms with Gasteiger partial charge in [0.15, 0.2) is 5.96 Å². The number of nitrogens with zero attached hydrogens (tertiary/aromatic N) is 3. The van der Waals surface area contributed by atoms with Gasteiger partial charge in [-0.3, -0.25) is 4.99 Å². The smallest absolute Gasteiger partial charge is 0.191 e. The molecule has 0 aliphatic carbocycles. The molecule has 5 heteroatoms. The van der Waals surface area contributed by atoms with Crippen LogP contribution in [0.4, 0.5) is 0 Å². The summed E-state index contributed by atoms with van der Waals surface area (Å²) in [6.07, 6.45) is 9.76. The van der Waals surface area contributed by atoms with Gasteiger partial charge in [-0.15, -0.1) is 0 Å². The van der Waals surface area contributed by atoms with Crippen molar-refractivity contribution in [3.63, 3.8) is 0 Å². The predicted molar refractivity (Wildman–Crippen MR) is 114 cm³/mol. The highest BCUT2D eigenvalue weighted by atomic mass is 15.2. The van der Waals surface area contributed by atoms with Crippen LogP contribution in [0, 0.1) is 0 Å². The normalized spacial score (nSPS) is 12.8. The second-order valence-corrected chi connectivity index (χ2v) is 7.01. The Labute approximate surface area is 164 Å². The first kappa shape index (κ1) is 21.0. The average Bonchev–Trinajstić information content (AvgIpc) is 3.10. The molecule has 1 unspecified atom stereocenters. The highest BCUT2D eigenvalue weighted by Crippen LogP contribution is 2.06. The maximum Gasteiger partial charge on any atom is 0.191 e. The second kappa shape index (κ2) is 12.2. The van der Waals surface area contributed by atoms with Gasteiger partial charge in [-0.25, -0.2) is 4.98 Å². The molecule has 1 aromatic heterocycles. The van der Waals surface area contributed by atoms with E-state index in [0.717, 1.165) is 37.8 Å². The van der Waals surface area contributed by atoms with E-state index < -0.39 is 0 Å². The average molecular weight is 370 g/mol. The molecule has 1 aromatic carbocycles. The third kappa shape index (κ3) is 7.85. The lowest BCUT2D eigenvalue weighted by atomic mass is 10.1. The molecule has 2 aromatic rings. The number of guanidine groups is 1. The summed E-state index contributed by atoms with van der Waals surface area (Å²) in [5.74, 6) is 1.98. The van der Waals surface area contributed by atoms with Crippen LogP contribution < -0.4 is 10.6 Å². The van der Waals surface area contributed by atoms with Crippen LogP contribution in [0.5, 0.6) is 0 Å². The van der Waals surface area contributed by atoms with E-state index in [1.54, 1.807) is 0 Å². The van der Waals surface area contributed by atoms with Crippen LogP contribution in [0.2, 0.25) is 0 Å². The molecule has 0 aliphatic heterocycles. The van der Waals surface area contributed by atoms with E-state index in [9.17, 15) is 0 Å². The van der Waals surface area contributed by atoms with Crippen LogP contribution in [0.1, 0.15) is 57.8 Å². The van der Waals surface area contributed by atoms with Gasteiger partial charge in [0.25, 0.3) is 0 Å². The van der Waals surface area contributed by atoms with Crippen molar-refractivity contribution in [2.24, 2.45) is 4.99 Å². The number of unbranched alkanes of at least 4 members (excludes halogenated alkanes) is 2. The molecule has 2 rings (SSSR count). The summed E-state index contributed by atoms with van der Waals surface area (Å²) >= 11 is 0. The van der Waals surface area contributed by atoms with Crippen LogP contribution in [0.3, 0.4) is 0 Å². The summed E-state index contributed by atoms with van der Waals surface area (Å²) in [6, 6.07) is 10.9. The maximum absolute atomic E-state index is 4.75. The quantitative estimate of drug-likeness (QED) is 0.358. The Morgan fingerprint density at radius 3 is 2.74 bits per heavy atom. The molecule has 0 fully saturated rings. The van der Waals surface area contributed by atoms with Gasteiger partial charge in [0, 0.05) is 44.5 Å². The van der Waals surface area contributed by atoms with Gasteiger partial charge >= 0.3 is 0 Å². The third-order valence-electron chi connectivity index (χ3n) is 4.57. The fourth-order valence-electron chi connectivity index (χ4n) is 3.09. The Kier molecular flexibility index (Phi) is 9.45.